The summed E-state index contributed by atoms with van der Waals surface area (Å²) >= 11 is 1.67. The molecule has 4 nitrogen and oxygen atoms in total. The van der Waals surface area contributed by atoms with E-state index in [2.05, 4.69) is 27.6 Å². The van der Waals surface area contributed by atoms with E-state index in [9.17, 15) is 0 Å². The van der Waals surface area contributed by atoms with Crippen LogP contribution >= 0.6 is 11.3 Å². The molecule has 1 N–H and O–H groups in total. The van der Waals surface area contributed by atoms with Crippen LogP contribution in [-0.4, -0.2) is 29.2 Å². The van der Waals surface area contributed by atoms with E-state index in [0.29, 0.717) is 6.54 Å². The zero-order chi connectivity index (χ0) is 12.5. The van der Waals surface area contributed by atoms with E-state index in [-0.39, 0.29) is 5.60 Å². The van der Waals surface area contributed by atoms with E-state index in [1.165, 1.54) is 5.56 Å². The van der Waals surface area contributed by atoms with Gasteiger partial charge in [0.25, 0.3) is 0 Å². The molecule has 17 heavy (non-hydrogen) atoms. The van der Waals surface area contributed by atoms with Crippen LogP contribution in [0.5, 0.6) is 0 Å². The van der Waals surface area contributed by atoms with E-state index in [4.69, 9.17) is 4.74 Å². The van der Waals surface area contributed by atoms with E-state index in [1.54, 1.807) is 24.8 Å². The number of fused-ring (bicyclic) bond motifs is 1. The molecule has 0 aromatic carbocycles. The van der Waals surface area contributed by atoms with Crippen molar-refractivity contribution in [2.45, 2.75) is 26.4 Å². The monoisotopic (exact) mass is 251 g/mol. The van der Waals surface area contributed by atoms with Crippen molar-refractivity contribution in [1.82, 2.24) is 9.97 Å². The molecule has 0 aliphatic heterocycles. The second-order valence-electron chi connectivity index (χ2n) is 4.64. The first kappa shape index (κ1) is 12.3. The van der Waals surface area contributed by atoms with Gasteiger partial charge in [0.2, 0.25) is 0 Å². The minimum absolute atomic E-state index is 0.205. The first-order valence-electron chi connectivity index (χ1n) is 5.51. The fourth-order valence-electron chi connectivity index (χ4n) is 1.46. The van der Waals surface area contributed by atoms with Gasteiger partial charge in [-0.25, -0.2) is 9.97 Å². The third-order valence-corrected chi connectivity index (χ3v) is 3.86. The van der Waals surface area contributed by atoms with Gasteiger partial charge in [-0.2, -0.15) is 0 Å². The molecule has 2 aromatic rings. The van der Waals surface area contributed by atoms with E-state index < -0.39 is 0 Å². The van der Waals surface area contributed by atoms with Crippen LogP contribution in [0.15, 0.2) is 11.7 Å². The normalized spacial score (nSPS) is 12.0. The van der Waals surface area contributed by atoms with Gasteiger partial charge in [0.1, 0.15) is 12.1 Å². The van der Waals surface area contributed by atoms with Gasteiger partial charge in [-0.05, 0) is 31.7 Å². The van der Waals surface area contributed by atoms with Crippen LogP contribution in [0, 0.1) is 6.92 Å². The first-order chi connectivity index (χ1) is 8.03. The maximum Gasteiger partial charge on any atom is 0.147 e. The second-order valence-corrected chi connectivity index (χ2v) is 5.52. The summed E-state index contributed by atoms with van der Waals surface area (Å²) in [4.78, 5) is 8.58. The smallest absolute Gasteiger partial charge is 0.147 e. The number of thiophene rings is 1. The van der Waals surface area contributed by atoms with Gasteiger partial charge >= 0.3 is 0 Å². The Bertz CT molecular complexity index is 521. The van der Waals surface area contributed by atoms with Crippen molar-refractivity contribution in [2.24, 2.45) is 0 Å². The number of aromatic nitrogens is 2. The van der Waals surface area contributed by atoms with Crippen molar-refractivity contribution in [1.29, 1.82) is 0 Å². The Labute approximate surface area is 105 Å². The lowest BCUT2D eigenvalue weighted by Crippen LogP contribution is -2.32. The van der Waals surface area contributed by atoms with Crippen LogP contribution in [-0.2, 0) is 4.74 Å². The van der Waals surface area contributed by atoms with Crippen molar-refractivity contribution < 1.29 is 4.74 Å². The molecule has 5 heteroatoms. The molecule has 2 heterocycles. The number of ether oxygens (including phenoxy) is 1. The van der Waals surface area contributed by atoms with Crippen LogP contribution in [0.3, 0.4) is 0 Å². The lowest BCUT2D eigenvalue weighted by atomic mass is 10.1. The summed E-state index contributed by atoms with van der Waals surface area (Å²) in [6, 6.07) is 0. The van der Waals surface area contributed by atoms with Gasteiger partial charge in [-0.3, -0.25) is 0 Å². The van der Waals surface area contributed by atoms with E-state index in [1.807, 2.05) is 13.8 Å². The van der Waals surface area contributed by atoms with Gasteiger partial charge in [-0.1, -0.05) is 0 Å². The Kier molecular flexibility index (Phi) is 3.31. The molecule has 0 amide bonds. The Hall–Kier alpha value is -1.20. The van der Waals surface area contributed by atoms with Gasteiger partial charge in [-0.15, -0.1) is 11.3 Å². The van der Waals surface area contributed by atoms with E-state index in [0.717, 1.165) is 16.0 Å². The average Bonchev–Trinajstić information content (AvgIpc) is 2.70. The van der Waals surface area contributed by atoms with Gasteiger partial charge in [0.15, 0.2) is 0 Å². The van der Waals surface area contributed by atoms with Crippen molar-refractivity contribution in [3.63, 3.8) is 0 Å². The summed E-state index contributed by atoms with van der Waals surface area (Å²) in [5.74, 6) is 0.887. The molecule has 92 valence electrons. The van der Waals surface area contributed by atoms with Crippen LogP contribution in [0.4, 0.5) is 5.82 Å². The number of nitrogens with one attached hydrogen (secondary N) is 1. The Balaban J connectivity index is 2.25. The number of anilines is 1. The summed E-state index contributed by atoms with van der Waals surface area (Å²) < 4.78 is 6.48. The average molecular weight is 251 g/mol. The fraction of sp³-hybridized carbons (Fsp3) is 0.500. The molecule has 0 aliphatic carbocycles. The molecule has 0 aliphatic rings. The highest BCUT2D eigenvalue weighted by Gasteiger charge is 2.17. The summed E-state index contributed by atoms with van der Waals surface area (Å²) in [5, 5.41) is 5.43. The lowest BCUT2D eigenvalue weighted by Gasteiger charge is -2.23. The quantitative estimate of drug-likeness (QED) is 0.907. The maximum absolute atomic E-state index is 5.37. The summed E-state index contributed by atoms with van der Waals surface area (Å²) in [7, 11) is 1.71. The predicted octanol–water partition coefficient (Wildman–Crippen LogP) is 2.84. The molecule has 0 spiro atoms. The van der Waals surface area contributed by atoms with Crippen LogP contribution < -0.4 is 5.32 Å². The molecule has 2 rings (SSSR count). The van der Waals surface area contributed by atoms with Gasteiger partial charge in [0, 0.05) is 13.7 Å². The number of methoxy groups -OCH3 is 1. The van der Waals surface area contributed by atoms with Crippen molar-refractivity contribution in [2.75, 3.05) is 19.0 Å². The molecule has 0 bridgehead atoms. The third-order valence-electron chi connectivity index (χ3n) is 2.77. The van der Waals surface area contributed by atoms with Crippen molar-refractivity contribution in [3.05, 3.63) is 17.3 Å². The molecule has 0 radical (unpaired) electrons. The largest absolute Gasteiger partial charge is 0.377 e. The van der Waals surface area contributed by atoms with Crippen molar-refractivity contribution in [3.8, 4) is 0 Å². The zero-order valence-corrected chi connectivity index (χ0v) is 11.4. The zero-order valence-electron chi connectivity index (χ0n) is 10.6. The second kappa shape index (κ2) is 4.58. The standard InChI is InChI=1S/C12H17N3OS/c1-8-5-17-10-9(8)14-7-15-11(10)13-6-12(2,3)16-4/h5,7H,6H2,1-4H3,(H,13,14,15). The number of aryl methyl sites for hydroxylation is 1. The molecule has 2 aromatic heterocycles. The van der Waals surface area contributed by atoms with Crippen LogP contribution in [0.2, 0.25) is 0 Å². The number of hydrogen-bond donors (Lipinski definition) is 1. The maximum atomic E-state index is 5.37. The predicted molar refractivity (Wildman–Crippen MR) is 71.7 cm³/mol. The lowest BCUT2D eigenvalue weighted by molar-refractivity contribution is 0.0343. The van der Waals surface area contributed by atoms with Crippen LogP contribution in [0.1, 0.15) is 19.4 Å². The molecule has 0 unspecified atom stereocenters. The number of hydrogen-bond acceptors (Lipinski definition) is 5. The van der Waals surface area contributed by atoms with E-state index >= 15 is 0 Å². The fourth-order valence-corrected chi connectivity index (χ4v) is 2.43. The highest BCUT2D eigenvalue weighted by molar-refractivity contribution is 7.18. The minimum Gasteiger partial charge on any atom is -0.377 e. The Morgan fingerprint density at radius 2 is 2.18 bits per heavy atom. The van der Waals surface area contributed by atoms with Crippen molar-refractivity contribution >= 4 is 27.4 Å². The number of rotatable bonds is 4. The first-order valence-corrected chi connectivity index (χ1v) is 6.39. The molecular weight excluding hydrogens is 234 g/mol. The molecule has 0 saturated carbocycles. The third kappa shape index (κ3) is 2.56. The molecular formula is C12H17N3OS. The molecule has 0 saturated heterocycles. The van der Waals surface area contributed by atoms with Gasteiger partial charge in [0.05, 0.1) is 15.8 Å². The van der Waals surface area contributed by atoms with Gasteiger partial charge < -0.3 is 10.1 Å². The molecule has 0 atom stereocenters. The Morgan fingerprint density at radius 3 is 2.88 bits per heavy atom. The minimum atomic E-state index is -0.205. The van der Waals surface area contributed by atoms with Crippen LogP contribution in [0.25, 0.3) is 10.2 Å². The summed E-state index contributed by atoms with van der Waals surface area (Å²) in [6.07, 6.45) is 1.60. The summed E-state index contributed by atoms with van der Waals surface area (Å²) in [6.45, 7) is 6.86. The number of nitrogens with zero attached hydrogens (tertiary/aromatic N) is 2. The SMILES string of the molecule is COC(C)(C)CNc1ncnc2c(C)csc12. The topological polar surface area (TPSA) is 47.0 Å². The Morgan fingerprint density at radius 1 is 1.41 bits per heavy atom. The highest BCUT2D eigenvalue weighted by atomic mass is 32.1. The molecule has 0 fully saturated rings. The highest BCUT2D eigenvalue weighted by Crippen LogP contribution is 2.28. The summed E-state index contributed by atoms with van der Waals surface area (Å²) in [5.41, 5.74) is 2.02.